The Bertz CT molecular complexity index is 446. The van der Waals surface area contributed by atoms with E-state index < -0.39 is 23.8 Å². The first-order valence-corrected chi connectivity index (χ1v) is 5.29. The standard InChI is InChI=1S/C12H13F3O3/c1-3-18-11(17)12(14,15)10(16)9-5-4-8(13)6-7(9)2/h4-6,10,16H,3H2,1-2H3. The first-order chi connectivity index (χ1) is 8.30. The van der Waals surface area contributed by atoms with Crippen molar-refractivity contribution in [3.63, 3.8) is 0 Å². The molecule has 18 heavy (non-hydrogen) atoms. The van der Waals surface area contributed by atoms with Crippen LogP contribution in [0.5, 0.6) is 0 Å². The molecule has 0 bridgehead atoms. The van der Waals surface area contributed by atoms with Gasteiger partial charge in [0, 0.05) is 0 Å². The van der Waals surface area contributed by atoms with Crippen LogP contribution >= 0.6 is 0 Å². The van der Waals surface area contributed by atoms with E-state index in [-0.39, 0.29) is 17.7 Å². The van der Waals surface area contributed by atoms with Crippen molar-refractivity contribution in [3.05, 3.63) is 35.1 Å². The van der Waals surface area contributed by atoms with E-state index in [2.05, 4.69) is 4.74 Å². The van der Waals surface area contributed by atoms with Gasteiger partial charge in [0.2, 0.25) is 0 Å². The van der Waals surface area contributed by atoms with Crippen LogP contribution in [0.25, 0.3) is 0 Å². The van der Waals surface area contributed by atoms with E-state index >= 15 is 0 Å². The molecule has 0 aliphatic heterocycles. The SMILES string of the molecule is CCOC(=O)C(F)(F)C(O)c1ccc(F)cc1C. The molecule has 0 aliphatic rings. The normalized spacial score (nSPS) is 13.2. The molecule has 1 aromatic carbocycles. The summed E-state index contributed by atoms with van der Waals surface area (Å²) in [5.74, 6) is -6.48. The first kappa shape index (κ1) is 14.5. The van der Waals surface area contributed by atoms with E-state index in [9.17, 15) is 23.1 Å². The minimum Gasteiger partial charge on any atom is -0.461 e. The topological polar surface area (TPSA) is 46.5 Å². The van der Waals surface area contributed by atoms with Crippen molar-refractivity contribution in [1.82, 2.24) is 0 Å². The van der Waals surface area contributed by atoms with E-state index in [1.54, 1.807) is 0 Å². The number of esters is 1. The molecule has 0 amide bonds. The molecular weight excluding hydrogens is 249 g/mol. The fourth-order valence-corrected chi connectivity index (χ4v) is 1.48. The van der Waals surface area contributed by atoms with Gasteiger partial charge in [-0.1, -0.05) is 6.07 Å². The van der Waals surface area contributed by atoms with Crippen LogP contribution in [-0.4, -0.2) is 23.6 Å². The number of rotatable bonds is 4. The van der Waals surface area contributed by atoms with Crippen molar-refractivity contribution in [1.29, 1.82) is 0 Å². The number of ether oxygens (including phenoxy) is 1. The summed E-state index contributed by atoms with van der Waals surface area (Å²) in [4.78, 5) is 11.1. The molecule has 1 N–H and O–H groups in total. The molecule has 0 spiro atoms. The molecule has 0 saturated carbocycles. The van der Waals surface area contributed by atoms with Crippen molar-refractivity contribution in [2.24, 2.45) is 0 Å². The highest BCUT2D eigenvalue weighted by Crippen LogP contribution is 2.34. The summed E-state index contributed by atoms with van der Waals surface area (Å²) in [7, 11) is 0. The van der Waals surface area contributed by atoms with E-state index in [1.807, 2.05) is 0 Å². The van der Waals surface area contributed by atoms with E-state index in [1.165, 1.54) is 13.8 Å². The van der Waals surface area contributed by atoms with Crippen LogP contribution < -0.4 is 0 Å². The number of halogens is 3. The van der Waals surface area contributed by atoms with Gasteiger partial charge in [-0.15, -0.1) is 0 Å². The summed E-state index contributed by atoms with van der Waals surface area (Å²) < 4.78 is 44.1. The Morgan fingerprint density at radius 3 is 2.61 bits per heavy atom. The Labute approximate surface area is 102 Å². The predicted octanol–water partition coefficient (Wildman–Crippen LogP) is 2.37. The maximum absolute atomic E-state index is 13.5. The minimum absolute atomic E-state index is 0.131. The Hall–Kier alpha value is -1.56. The molecule has 6 heteroatoms. The zero-order valence-corrected chi connectivity index (χ0v) is 9.91. The number of carbonyl (C=O) groups excluding carboxylic acids is 1. The van der Waals surface area contributed by atoms with E-state index in [4.69, 9.17) is 0 Å². The van der Waals surface area contributed by atoms with Crippen molar-refractivity contribution in [2.75, 3.05) is 6.61 Å². The van der Waals surface area contributed by atoms with Crippen LogP contribution in [0.2, 0.25) is 0 Å². The number of aliphatic hydroxyl groups excluding tert-OH is 1. The third kappa shape index (κ3) is 2.81. The summed E-state index contributed by atoms with van der Waals surface area (Å²) in [6.07, 6.45) is -2.36. The van der Waals surface area contributed by atoms with E-state index in [0.29, 0.717) is 0 Å². The van der Waals surface area contributed by atoms with Gasteiger partial charge in [0.25, 0.3) is 0 Å². The third-order valence-corrected chi connectivity index (χ3v) is 2.42. The van der Waals surface area contributed by atoms with Gasteiger partial charge < -0.3 is 9.84 Å². The van der Waals surface area contributed by atoms with Crippen molar-refractivity contribution in [3.8, 4) is 0 Å². The summed E-state index contributed by atoms with van der Waals surface area (Å²) >= 11 is 0. The number of aryl methyl sites for hydroxylation is 1. The molecule has 0 saturated heterocycles. The number of carbonyl (C=O) groups is 1. The number of aliphatic hydroxyl groups is 1. The summed E-state index contributed by atoms with van der Waals surface area (Å²) in [6, 6.07) is 2.95. The van der Waals surface area contributed by atoms with Gasteiger partial charge in [-0.2, -0.15) is 8.78 Å². The average Bonchev–Trinajstić information content (AvgIpc) is 2.28. The first-order valence-electron chi connectivity index (χ1n) is 5.29. The quantitative estimate of drug-likeness (QED) is 0.847. The minimum atomic E-state index is -4.07. The highest BCUT2D eigenvalue weighted by Gasteiger charge is 2.49. The highest BCUT2D eigenvalue weighted by atomic mass is 19.3. The monoisotopic (exact) mass is 262 g/mol. The van der Waals surface area contributed by atoms with Crippen LogP contribution in [-0.2, 0) is 9.53 Å². The lowest BCUT2D eigenvalue weighted by Crippen LogP contribution is -2.37. The van der Waals surface area contributed by atoms with Gasteiger partial charge in [0.15, 0.2) is 6.10 Å². The van der Waals surface area contributed by atoms with Gasteiger partial charge in [0.1, 0.15) is 5.82 Å². The zero-order chi connectivity index (χ0) is 13.9. The average molecular weight is 262 g/mol. The Kier molecular flexibility index (Phi) is 4.34. The number of hydrogen-bond acceptors (Lipinski definition) is 3. The van der Waals surface area contributed by atoms with Gasteiger partial charge in [-0.05, 0) is 37.1 Å². The molecular formula is C12H13F3O3. The summed E-state index contributed by atoms with van der Waals surface area (Å²) in [5.41, 5.74) is -0.0825. The third-order valence-electron chi connectivity index (χ3n) is 2.42. The van der Waals surface area contributed by atoms with Crippen molar-refractivity contribution >= 4 is 5.97 Å². The van der Waals surface area contributed by atoms with Crippen LogP contribution in [0, 0.1) is 12.7 Å². The Morgan fingerprint density at radius 2 is 2.11 bits per heavy atom. The fraction of sp³-hybridized carbons (Fsp3) is 0.417. The molecule has 0 radical (unpaired) electrons. The fourth-order valence-electron chi connectivity index (χ4n) is 1.48. The van der Waals surface area contributed by atoms with Gasteiger partial charge in [0.05, 0.1) is 6.61 Å². The van der Waals surface area contributed by atoms with E-state index in [0.717, 1.165) is 18.2 Å². The molecule has 1 aromatic rings. The lowest BCUT2D eigenvalue weighted by atomic mass is 9.99. The molecule has 100 valence electrons. The van der Waals surface area contributed by atoms with Crippen LogP contribution in [0.4, 0.5) is 13.2 Å². The molecule has 0 fully saturated rings. The van der Waals surface area contributed by atoms with Gasteiger partial charge in [-0.25, -0.2) is 9.18 Å². The predicted molar refractivity (Wildman–Crippen MR) is 57.7 cm³/mol. The molecule has 1 atom stereocenters. The smallest absolute Gasteiger partial charge is 0.380 e. The van der Waals surface area contributed by atoms with Gasteiger partial charge in [-0.3, -0.25) is 0 Å². The molecule has 1 rings (SSSR count). The maximum atomic E-state index is 13.5. The molecule has 0 heterocycles. The number of hydrogen-bond donors (Lipinski definition) is 1. The Morgan fingerprint density at radius 1 is 1.50 bits per heavy atom. The van der Waals surface area contributed by atoms with Crippen LogP contribution in [0.1, 0.15) is 24.2 Å². The molecule has 1 unspecified atom stereocenters. The Balaban J connectivity index is 3.05. The largest absolute Gasteiger partial charge is 0.461 e. The van der Waals surface area contributed by atoms with Crippen LogP contribution in [0.15, 0.2) is 18.2 Å². The summed E-state index contributed by atoms with van der Waals surface area (Å²) in [5, 5.41) is 9.54. The van der Waals surface area contributed by atoms with Crippen LogP contribution in [0.3, 0.4) is 0 Å². The number of benzene rings is 1. The zero-order valence-electron chi connectivity index (χ0n) is 9.91. The second-order valence-corrected chi connectivity index (χ2v) is 3.75. The molecule has 0 aromatic heterocycles. The van der Waals surface area contributed by atoms with Gasteiger partial charge >= 0.3 is 11.9 Å². The maximum Gasteiger partial charge on any atom is 0.380 e. The summed E-state index contributed by atoms with van der Waals surface area (Å²) in [6.45, 7) is 2.52. The van der Waals surface area contributed by atoms with Crippen molar-refractivity contribution < 1.29 is 27.8 Å². The lowest BCUT2D eigenvalue weighted by molar-refractivity contribution is -0.189. The lowest BCUT2D eigenvalue weighted by Gasteiger charge is -2.22. The van der Waals surface area contributed by atoms with Crippen molar-refractivity contribution in [2.45, 2.75) is 25.9 Å². The highest BCUT2D eigenvalue weighted by molar-refractivity contribution is 5.78. The second kappa shape index (κ2) is 5.39. The second-order valence-electron chi connectivity index (χ2n) is 3.75. The number of alkyl halides is 2. The molecule has 3 nitrogen and oxygen atoms in total. The molecule has 0 aliphatic carbocycles.